The number of carbonyl (C=O) groups is 2. The van der Waals surface area contributed by atoms with Crippen molar-refractivity contribution in [3.05, 3.63) is 77.4 Å². The number of anilines is 1. The number of amides is 2. The molecule has 31 heavy (non-hydrogen) atoms. The molecule has 2 N–H and O–H groups in total. The fourth-order valence-electron chi connectivity index (χ4n) is 3.53. The first-order valence-corrected chi connectivity index (χ1v) is 10.2. The Morgan fingerprint density at radius 3 is 2.26 bits per heavy atom. The Morgan fingerprint density at radius 1 is 0.968 bits per heavy atom. The molecule has 162 valence electrons. The molecule has 0 radical (unpaired) electrons. The zero-order chi connectivity index (χ0) is 22.4. The third-order valence-electron chi connectivity index (χ3n) is 5.30. The van der Waals surface area contributed by atoms with Crippen molar-refractivity contribution in [2.75, 3.05) is 25.3 Å². The summed E-state index contributed by atoms with van der Waals surface area (Å²) in [6.07, 6.45) is 0. The Kier molecular flexibility index (Phi) is 7.36. The Morgan fingerprint density at radius 2 is 1.65 bits per heavy atom. The molecule has 0 spiro atoms. The van der Waals surface area contributed by atoms with Gasteiger partial charge in [0.2, 0.25) is 0 Å². The molecule has 0 atom stereocenters. The molecule has 0 aliphatic heterocycles. The Hall–Kier alpha value is -3.26. The first kappa shape index (κ1) is 22.4. The van der Waals surface area contributed by atoms with Gasteiger partial charge in [0, 0.05) is 23.1 Å². The summed E-state index contributed by atoms with van der Waals surface area (Å²) in [4.78, 5) is 32.4. The lowest BCUT2D eigenvalue weighted by molar-refractivity contribution is 0.0705. The van der Waals surface area contributed by atoms with Gasteiger partial charge in [-0.3, -0.25) is 24.5 Å². The predicted molar refractivity (Wildman–Crippen MR) is 120 cm³/mol. The van der Waals surface area contributed by atoms with E-state index in [1.54, 1.807) is 5.48 Å². The summed E-state index contributed by atoms with van der Waals surface area (Å²) in [5.41, 5.74) is 4.01. The van der Waals surface area contributed by atoms with Crippen LogP contribution in [-0.4, -0.2) is 42.1 Å². The van der Waals surface area contributed by atoms with Crippen LogP contribution in [0.2, 0.25) is 0 Å². The smallest absolute Gasteiger partial charge is 0.282 e. The minimum atomic E-state index is -0.642. The fraction of sp³-hybridized carbons (Fsp3) is 0.250. The molecule has 0 aliphatic carbocycles. The first-order valence-electron chi connectivity index (χ1n) is 10.2. The van der Waals surface area contributed by atoms with Gasteiger partial charge in [-0.15, -0.1) is 0 Å². The van der Waals surface area contributed by atoms with Crippen LogP contribution in [0.1, 0.15) is 40.1 Å². The molecule has 7 heteroatoms. The molecule has 3 aromatic carbocycles. The van der Waals surface area contributed by atoms with Gasteiger partial charge >= 0.3 is 0 Å². The second-order valence-corrected chi connectivity index (χ2v) is 7.09. The summed E-state index contributed by atoms with van der Waals surface area (Å²) in [6.45, 7) is 7.13. The molecule has 2 amide bonds. The third kappa shape index (κ3) is 4.91. The fourth-order valence-corrected chi connectivity index (χ4v) is 3.53. The van der Waals surface area contributed by atoms with Gasteiger partial charge in [-0.2, -0.15) is 5.06 Å². The molecule has 0 aliphatic rings. The lowest BCUT2D eigenvalue weighted by atomic mass is 10.0. The van der Waals surface area contributed by atoms with Gasteiger partial charge in [0.1, 0.15) is 0 Å². The number of nitrogens with zero attached hydrogens (tertiary/aromatic N) is 2. The van der Waals surface area contributed by atoms with Gasteiger partial charge in [0.15, 0.2) is 0 Å². The number of hydrogen-bond acceptors (Lipinski definition) is 5. The molecule has 0 aromatic heterocycles. The average Bonchev–Trinajstić information content (AvgIpc) is 2.82. The first-order chi connectivity index (χ1) is 15.0. The van der Waals surface area contributed by atoms with Crippen LogP contribution in [0.4, 0.5) is 5.69 Å². The molecule has 0 saturated heterocycles. The van der Waals surface area contributed by atoms with Crippen molar-refractivity contribution in [1.82, 2.24) is 10.4 Å². The standard InChI is InChI=1S/C24H27N3O4/c1-4-26(5-2)16-17-9-14-21-20(15-17)7-6-8-22(21)27(31-3)24(29)19-12-10-18(11-13-19)23(28)25-30/h6-15,30H,4-5,16H2,1-3H3,(H,25,28). The molecule has 0 saturated carbocycles. The van der Waals surface area contributed by atoms with Crippen molar-refractivity contribution < 1.29 is 19.6 Å². The van der Waals surface area contributed by atoms with Crippen molar-refractivity contribution in [3.8, 4) is 0 Å². The van der Waals surface area contributed by atoms with Gasteiger partial charge in [-0.05, 0) is 60.4 Å². The Labute approximate surface area is 181 Å². The molecule has 7 nitrogen and oxygen atoms in total. The number of rotatable bonds is 8. The van der Waals surface area contributed by atoms with Crippen molar-refractivity contribution in [3.63, 3.8) is 0 Å². The normalized spacial score (nSPS) is 11.0. The quantitative estimate of drug-likeness (QED) is 0.424. The highest BCUT2D eigenvalue weighted by Gasteiger charge is 2.20. The van der Waals surface area contributed by atoms with Crippen LogP contribution in [-0.2, 0) is 11.4 Å². The van der Waals surface area contributed by atoms with E-state index >= 15 is 0 Å². The van der Waals surface area contributed by atoms with E-state index in [0.717, 1.165) is 30.4 Å². The van der Waals surface area contributed by atoms with E-state index < -0.39 is 5.91 Å². The molecule has 0 heterocycles. The van der Waals surface area contributed by atoms with Crippen molar-refractivity contribution in [1.29, 1.82) is 0 Å². The Balaban J connectivity index is 1.92. The van der Waals surface area contributed by atoms with Crippen LogP contribution in [0.25, 0.3) is 10.8 Å². The summed E-state index contributed by atoms with van der Waals surface area (Å²) >= 11 is 0. The van der Waals surface area contributed by atoms with E-state index in [0.29, 0.717) is 11.3 Å². The van der Waals surface area contributed by atoms with E-state index in [9.17, 15) is 9.59 Å². The van der Waals surface area contributed by atoms with Gasteiger partial charge in [-0.25, -0.2) is 5.48 Å². The maximum Gasteiger partial charge on any atom is 0.282 e. The number of benzene rings is 3. The maximum absolute atomic E-state index is 13.1. The second-order valence-electron chi connectivity index (χ2n) is 7.09. The van der Waals surface area contributed by atoms with E-state index in [2.05, 4.69) is 30.9 Å². The van der Waals surface area contributed by atoms with Crippen LogP contribution in [0.5, 0.6) is 0 Å². The van der Waals surface area contributed by atoms with E-state index in [4.69, 9.17) is 10.0 Å². The summed E-state index contributed by atoms with van der Waals surface area (Å²) in [6, 6.07) is 17.9. The number of fused-ring (bicyclic) bond motifs is 1. The van der Waals surface area contributed by atoms with Crippen molar-refractivity contribution >= 4 is 28.3 Å². The van der Waals surface area contributed by atoms with Gasteiger partial charge < -0.3 is 0 Å². The van der Waals surface area contributed by atoms with Gasteiger partial charge in [0.25, 0.3) is 11.8 Å². The average molecular weight is 421 g/mol. The van der Waals surface area contributed by atoms with Crippen LogP contribution < -0.4 is 10.5 Å². The number of carbonyl (C=O) groups excluding carboxylic acids is 2. The topological polar surface area (TPSA) is 82.1 Å². The highest BCUT2D eigenvalue weighted by atomic mass is 16.7. The van der Waals surface area contributed by atoms with Crippen LogP contribution in [0.15, 0.2) is 60.7 Å². The third-order valence-corrected chi connectivity index (χ3v) is 5.30. The highest BCUT2D eigenvalue weighted by Crippen LogP contribution is 2.29. The SMILES string of the molecule is CCN(CC)Cc1ccc2c(N(OC)C(=O)c3ccc(C(=O)NO)cc3)cccc2c1. The van der Waals surface area contributed by atoms with Gasteiger partial charge in [-0.1, -0.05) is 38.1 Å². The van der Waals surface area contributed by atoms with Crippen LogP contribution in [0, 0.1) is 0 Å². The lowest BCUT2D eigenvalue weighted by Crippen LogP contribution is -2.30. The van der Waals surface area contributed by atoms with Crippen molar-refractivity contribution in [2.24, 2.45) is 0 Å². The predicted octanol–water partition coefficient (Wildman–Crippen LogP) is 4.01. The lowest BCUT2D eigenvalue weighted by Gasteiger charge is -2.22. The zero-order valence-electron chi connectivity index (χ0n) is 18.0. The van der Waals surface area contributed by atoms with E-state index in [-0.39, 0.29) is 11.5 Å². The summed E-state index contributed by atoms with van der Waals surface area (Å²) < 4.78 is 0. The maximum atomic E-state index is 13.1. The minimum absolute atomic E-state index is 0.244. The molecule has 0 fully saturated rings. The molecule has 0 unspecified atom stereocenters. The van der Waals surface area contributed by atoms with E-state index in [1.165, 1.54) is 42.0 Å². The van der Waals surface area contributed by atoms with E-state index in [1.807, 2.05) is 24.3 Å². The summed E-state index contributed by atoms with van der Waals surface area (Å²) in [5, 5.41) is 11.9. The second kappa shape index (κ2) is 10.2. The number of hydrogen-bond donors (Lipinski definition) is 2. The van der Waals surface area contributed by atoms with Crippen LogP contribution in [0.3, 0.4) is 0 Å². The molecular formula is C24H27N3O4. The van der Waals surface area contributed by atoms with Crippen molar-refractivity contribution in [2.45, 2.75) is 20.4 Å². The molecule has 3 rings (SSSR count). The van der Waals surface area contributed by atoms with Crippen LogP contribution >= 0.6 is 0 Å². The number of nitrogens with one attached hydrogen (secondary N) is 1. The molecule has 3 aromatic rings. The van der Waals surface area contributed by atoms with Gasteiger partial charge in [0.05, 0.1) is 12.8 Å². The Bertz CT molecular complexity index is 1060. The molecular weight excluding hydrogens is 394 g/mol. The number of hydroxylamine groups is 2. The summed E-state index contributed by atoms with van der Waals surface area (Å²) in [5.74, 6) is -1.00. The largest absolute Gasteiger partial charge is 0.300 e. The minimum Gasteiger partial charge on any atom is -0.300 e. The zero-order valence-corrected chi connectivity index (χ0v) is 18.0. The highest BCUT2D eigenvalue weighted by molar-refractivity contribution is 6.10. The molecule has 0 bridgehead atoms. The monoisotopic (exact) mass is 421 g/mol. The summed E-state index contributed by atoms with van der Waals surface area (Å²) in [7, 11) is 1.44.